The highest BCUT2D eigenvalue weighted by Gasteiger charge is 2.07. The Hall–Kier alpha value is -2.40. The minimum atomic E-state index is -0.211. The van der Waals surface area contributed by atoms with Gasteiger partial charge in [0.05, 0.1) is 0 Å². The fourth-order valence-electron chi connectivity index (χ4n) is 1.83. The van der Waals surface area contributed by atoms with Gasteiger partial charge >= 0.3 is 0 Å². The molecule has 0 saturated heterocycles. The zero-order valence-corrected chi connectivity index (χ0v) is 12.5. The smallest absolute Gasteiger partial charge is 0.269 e. The van der Waals surface area contributed by atoms with Crippen LogP contribution in [-0.4, -0.2) is 11.0 Å². The van der Waals surface area contributed by atoms with Crippen LogP contribution in [0.15, 0.2) is 54.6 Å². The first-order valence-corrected chi connectivity index (χ1v) is 7.01. The SMILES string of the molecule is Cc1ccccc1C(=O)NNC(=S)NCc1ccccc1. The normalized spacial score (nSPS) is 9.76. The second-order valence-electron chi connectivity index (χ2n) is 4.56. The third-order valence-corrected chi connectivity index (χ3v) is 3.22. The fourth-order valence-corrected chi connectivity index (χ4v) is 1.95. The standard InChI is InChI=1S/C16H17N3OS/c1-12-7-5-6-10-14(12)15(20)18-19-16(21)17-11-13-8-3-2-4-9-13/h2-10H,11H2,1H3,(H,18,20)(H2,17,19,21). The summed E-state index contributed by atoms with van der Waals surface area (Å²) in [4.78, 5) is 12.0. The van der Waals surface area contributed by atoms with Gasteiger partial charge < -0.3 is 5.32 Å². The summed E-state index contributed by atoms with van der Waals surface area (Å²) in [5, 5.41) is 3.40. The van der Waals surface area contributed by atoms with Crippen LogP contribution in [0.3, 0.4) is 0 Å². The average Bonchev–Trinajstić information content (AvgIpc) is 2.52. The van der Waals surface area contributed by atoms with Crippen LogP contribution in [0.1, 0.15) is 21.5 Å². The summed E-state index contributed by atoms with van der Waals surface area (Å²) < 4.78 is 0. The Bertz CT molecular complexity index is 628. The van der Waals surface area contributed by atoms with Gasteiger partial charge in [-0.1, -0.05) is 48.5 Å². The quantitative estimate of drug-likeness (QED) is 0.601. The van der Waals surface area contributed by atoms with E-state index in [-0.39, 0.29) is 5.91 Å². The van der Waals surface area contributed by atoms with E-state index in [2.05, 4.69) is 16.2 Å². The molecule has 0 heterocycles. The Morgan fingerprint density at radius 3 is 2.38 bits per heavy atom. The summed E-state index contributed by atoms with van der Waals surface area (Å²) in [5.41, 5.74) is 7.94. The molecule has 0 spiro atoms. The largest absolute Gasteiger partial charge is 0.357 e. The van der Waals surface area contributed by atoms with Crippen molar-refractivity contribution in [3.8, 4) is 0 Å². The summed E-state index contributed by atoms with van der Waals surface area (Å²) in [5.74, 6) is -0.211. The van der Waals surface area contributed by atoms with Crippen molar-refractivity contribution in [1.29, 1.82) is 0 Å². The Labute approximate surface area is 129 Å². The highest BCUT2D eigenvalue weighted by atomic mass is 32.1. The minimum absolute atomic E-state index is 0.211. The van der Waals surface area contributed by atoms with Gasteiger partial charge in [0, 0.05) is 12.1 Å². The third-order valence-electron chi connectivity index (χ3n) is 2.98. The summed E-state index contributed by atoms with van der Waals surface area (Å²) in [6.45, 7) is 2.49. The molecule has 21 heavy (non-hydrogen) atoms. The number of benzene rings is 2. The molecule has 108 valence electrons. The number of nitrogens with one attached hydrogen (secondary N) is 3. The van der Waals surface area contributed by atoms with Crippen molar-refractivity contribution in [3.05, 3.63) is 71.3 Å². The van der Waals surface area contributed by atoms with Crippen molar-refractivity contribution in [1.82, 2.24) is 16.2 Å². The molecule has 0 unspecified atom stereocenters. The molecule has 1 amide bonds. The molecule has 0 radical (unpaired) electrons. The molecule has 0 saturated carbocycles. The molecule has 0 fully saturated rings. The number of hydrazine groups is 1. The van der Waals surface area contributed by atoms with Gasteiger partial charge in [-0.25, -0.2) is 0 Å². The Balaban J connectivity index is 1.79. The van der Waals surface area contributed by atoms with Crippen molar-refractivity contribution < 1.29 is 4.79 Å². The number of carbonyl (C=O) groups is 1. The molecule has 2 rings (SSSR count). The summed E-state index contributed by atoms with van der Waals surface area (Å²) in [6, 6.07) is 17.3. The molecule has 0 aromatic heterocycles. The lowest BCUT2D eigenvalue weighted by Crippen LogP contribution is -2.46. The molecule has 0 aliphatic rings. The van der Waals surface area contributed by atoms with Gasteiger partial charge in [0.2, 0.25) is 0 Å². The predicted octanol–water partition coefficient (Wildman–Crippen LogP) is 2.30. The number of thiocarbonyl (C=S) groups is 1. The molecule has 5 heteroatoms. The molecule has 0 aliphatic carbocycles. The highest BCUT2D eigenvalue weighted by molar-refractivity contribution is 7.80. The summed E-state index contributed by atoms with van der Waals surface area (Å²) >= 11 is 5.12. The lowest BCUT2D eigenvalue weighted by molar-refractivity contribution is 0.0943. The van der Waals surface area contributed by atoms with Gasteiger partial charge in [0.15, 0.2) is 5.11 Å². The van der Waals surface area contributed by atoms with Crippen LogP contribution in [0.4, 0.5) is 0 Å². The Kier molecular flexibility index (Phi) is 5.29. The van der Waals surface area contributed by atoms with Gasteiger partial charge in [0.25, 0.3) is 5.91 Å². The predicted molar refractivity (Wildman–Crippen MR) is 87.7 cm³/mol. The van der Waals surface area contributed by atoms with E-state index in [9.17, 15) is 4.79 Å². The lowest BCUT2D eigenvalue weighted by Gasteiger charge is -2.12. The monoisotopic (exact) mass is 299 g/mol. The fraction of sp³-hybridized carbons (Fsp3) is 0.125. The maximum Gasteiger partial charge on any atom is 0.269 e. The van der Waals surface area contributed by atoms with Gasteiger partial charge in [-0.05, 0) is 36.3 Å². The van der Waals surface area contributed by atoms with E-state index in [4.69, 9.17) is 12.2 Å². The van der Waals surface area contributed by atoms with Crippen molar-refractivity contribution in [2.75, 3.05) is 0 Å². The topological polar surface area (TPSA) is 53.2 Å². The van der Waals surface area contributed by atoms with Crippen molar-refractivity contribution in [3.63, 3.8) is 0 Å². The Morgan fingerprint density at radius 1 is 1.00 bits per heavy atom. The van der Waals surface area contributed by atoms with E-state index in [0.29, 0.717) is 17.2 Å². The zero-order valence-electron chi connectivity index (χ0n) is 11.7. The summed E-state index contributed by atoms with van der Waals surface area (Å²) in [7, 11) is 0. The maximum atomic E-state index is 12.0. The van der Waals surface area contributed by atoms with Gasteiger partial charge in [-0.2, -0.15) is 0 Å². The van der Waals surface area contributed by atoms with Crippen LogP contribution in [0.5, 0.6) is 0 Å². The maximum absolute atomic E-state index is 12.0. The number of aryl methyl sites for hydroxylation is 1. The van der Waals surface area contributed by atoms with E-state index >= 15 is 0 Å². The second-order valence-corrected chi connectivity index (χ2v) is 4.97. The van der Waals surface area contributed by atoms with Crippen LogP contribution < -0.4 is 16.2 Å². The van der Waals surface area contributed by atoms with E-state index in [1.54, 1.807) is 6.07 Å². The molecular weight excluding hydrogens is 282 g/mol. The van der Waals surface area contributed by atoms with Crippen LogP contribution in [0.25, 0.3) is 0 Å². The number of carbonyl (C=O) groups excluding carboxylic acids is 1. The molecule has 2 aromatic carbocycles. The van der Waals surface area contributed by atoms with Crippen LogP contribution in [0, 0.1) is 6.92 Å². The van der Waals surface area contributed by atoms with Crippen LogP contribution >= 0.6 is 12.2 Å². The van der Waals surface area contributed by atoms with E-state index in [1.165, 1.54) is 0 Å². The average molecular weight is 299 g/mol. The van der Waals surface area contributed by atoms with Crippen LogP contribution in [0.2, 0.25) is 0 Å². The van der Waals surface area contributed by atoms with Crippen molar-refractivity contribution in [2.24, 2.45) is 0 Å². The minimum Gasteiger partial charge on any atom is -0.357 e. The lowest BCUT2D eigenvalue weighted by atomic mass is 10.1. The molecule has 0 aliphatic heterocycles. The number of rotatable bonds is 3. The van der Waals surface area contributed by atoms with Gasteiger partial charge in [-0.3, -0.25) is 15.6 Å². The highest BCUT2D eigenvalue weighted by Crippen LogP contribution is 2.05. The first-order valence-electron chi connectivity index (χ1n) is 6.60. The Morgan fingerprint density at radius 2 is 1.67 bits per heavy atom. The molecule has 0 atom stereocenters. The molecule has 2 aromatic rings. The first kappa shape index (κ1) is 15.0. The first-order chi connectivity index (χ1) is 10.2. The van der Waals surface area contributed by atoms with E-state index < -0.39 is 0 Å². The van der Waals surface area contributed by atoms with Crippen molar-refractivity contribution in [2.45, 2.75) is 13.5 Å². The molecule has 3 N–H and O–H groups in total. The zero-order chi connectivity index (χ0) is 15.1. The molecule has 0 bridgehead atoms. The van der Waals surface area contributed by atoms with Gasteiger partial charge in [-0.15, -0.1) is 0 Å². The number of hydrogen-bond acceptors (Lipinski definition) is 2. The van der Waals surface area contributed by atoms with Crippen LogP contribution in [-0.2, 0) is 6.54 Å². The molecular formula is C16H17N3OS. The second kappa shape index (κ2) is 7.40. The number of hydrogen-bond donors (Lipinski definition) is 3. The van der Waals surface area contributed by atoms with Crippen molar-refractivity contribution >= 4 is 23.2 Å². The van der Waals surface area contributed by atoms with Gasteiger partial charge in [0.1, 0.15) is 0 Å². The van der Waals surface area contributed by atoms with E-state index in [1.807, 2.05) is 55.5 Å². The molecule has 4 nitrogen and oxygen atoms in total. The summed E-state index contributed by atoms with van der Waals surface area (Å²) in [6.07, 6.45) is 0. The third kappa shape index (κ3) is 4.57. The van der Waals surface area contributed by atoms with E-state index in [0.717, 1.165) is 11.1 Å². The number of amides is 1.